The highest BCUT2D eigenvalue weighted by Gasteiger charge is 2.70. The maximum atomic E-state index is 12.3. The first-order valence-electron chi connectivity index (χ1n) is 6.69. The monoisotopic (exact) mass is 445 g/mol. The molecule has 8 heteroatoms. The van der Waals surface area contributed by atoms with Gasteiger partial charge in [-0.1, -0.05) is 18.5 Å². The Balaban J connectivity index is 2.06. The lowest BCUT2D eigenvalue weighted by Gasteiger charge is -2.46. The number of amides is 1. The number of fused-ring (bicyclic) bond motifs is 1. The van der Waals surface area contributed by atoms with Crippen molar-refractivity contribution in [2.24, 2.45) is 0 Å². The van der Waals surface area contributed by atoms with Crippen LogP contribution < -0.4 is 0 Å². The van der Waals surface area contributed by atoms with Crippen molar-refractivity contribution in [3.63, 3.8) is 0 Å². The number of β-lactam (4-membered cyclic amide) rings is 1. The molecule has 2 fully saturated rings. The van der Waals surface area contributed by atoms with Crippen LogP contribution in [-0.4, -0.2) is 48.2 Å². The normalized spacial score (nSPS) is 33.4. The van der Waals surface area contributed by atoms with Crippen LogP contribution in [0.4, 0.5) is 0 Å². The molecule has 0 bridgehead atoms. The zero-order valence-corrected chi connectivity index (χ0v) is 15.8. The third-order valence-corrected chi connectivity index (χ3v) is 7.17. The van der Waals surface area contributed by atoms with Crippen molar-refractivity contribution in [2.45, 2.75) is 52.7 Å². The number of hydrogen-bond donors (Lipinski definition) is 0. The van der Waals surface area contributed by atoms with Crippen molar-refractivity contribution < 1.29 is 19.1 Å². The smallest absolute Gasteiger partial charge is 0.330 e. The van der Waals surface area contributed by atoms with Crippen molar-refractivity contribution in [1.29, 1.82) is 0 Å². The molecule has 2 aliphatic rings. The molecule has 0 aromatic rings. The van der Waals surface area contributed by atoms with Gasteiger partial charge in [-0.15, -0.1) is 11.8 Å². The second-order valence-corrected chi connectivity index (χ2v) is 10.4. The fourth-order valence-corrected chi connectivity index (χ4v) is 5.33. The van der Waals surface area contributed by atoms with Gasteiger partial charge in [-0.25, -0.2) is 4.79 Å². The standard InChI is InChI=1S/C13H17ClINO4S/c1-4-5-7(17)6-20-9(18)8-12(2,3)21-11-13(14,15)10(19)16(8)11/h8,11H,4-6H2,1-3H3/t8-,11+,13?/m0/s1. The molecule has 0 aromatic carbocycles. The van der Waals surface area contributed by atoms with Gasteiger partial charge in [-0.2, -0.15) is 0 Å². The molecule has 0 aromatic heterocycles. The van der Waals surface area contributed by atoms with Gasteiger partial charge in [0.2, 0.25) is 2.88 Å². The van der Waals surface area contributed by atoms with Crippen LogP contribution >= 0.6 is 46.0 Å². The van der Waals surface area contributed by atoms with Crippen LogP contribution in [0, 0.1) is 0 Å². The predicted octanol–water partition coefficient (Wildman–Crippen LogP) is 2.33. The molecular weight excluding hydrogens is 429 g/mol. The van der Waals surface area contributed by atoms with Gasteiger partial charge in [0.25, 0.3) is 5.91 Å². The van der Waals surface area contributed by atoms with Gasteiger partial charge in [0.1, 0.15) is 18.0 Å². The van der Waals surface area contributed by atoms with E-state index in [1.165, 1.54) is 16.7 Å². The summed E-state index contributed by atoms with van der Waals surface area (Å²) in [4.78, 5) is 37.3. The molecule has 0 spiro atoms. The van der Waals surface area contributed by atoms with E-state index in [2.05, 4.69) is 0 Å². The van der Waals surface area contributed by atoms with Gasteiger partial charge in [0.15, 0.2) is 5.78 Å². The van der Waals surface area contributed by atoms with E-state index < -0.39 is 19.6 Å². The van der Waals surface area contributed by atoms with Crippen LogP contribution in [-0.2, 0) is 19.1 Å². The first kappa shape index (κ1) is 17.3. The molecule has 118 valence electrons. The third kappa shape index (κ3) is 2.93. The number of hydrogen-bond acceptors (Lipinski definition) is 5. The van der Waals surface area contributed by atoms with E-state index in [1.54, 1.807) is 0 Å². The van der Waals surface area contributed by atoms with Crippen molar-refractivity contribution in [3.8, 4) is 0 Å². The largest absolute Gasteiger partial charge is 0.456 e. The van der Waals surface area contributed by atoms with Crippen molar-refractivity contribution in [2.75, 3.05) is 6.61 Å². The van der Waals surface area contributed by atoms with Gasteiger partial charge in [-0.05, 0) is 42.9 Å². The Labute approximate surface area is 146 Å². The molecule has 2 heterocycles. The number of thioether (sulfide) groups is 1. The van der Waals surface area contributed by atoms with Crippen LogP contribution in [0.15, 0.2) is 0 Å². The maximum Gasteiger partial charge on any atom is 0.330 e. The topological polar surface area (TPSA) is 63.7 Å². The number of nitrogens with zero attached hydrogens (tertiary/aromatic N) is 1. The first-order chi connectivity index (χ1) is 9.63. The minimum absolute atomic E-state index is 0.110. The first-order valence-corrected chi connectivity index (χ1v) is 9.03. The lowest BCUT2D eigenvalue weighted by Crippen LogP contribution is -2.68. The molecule has 5 nitrogen and oxygen atoms in total. The minimum Gasteiger partial charge on any atom is -0.456 e. The average molecular weight is 446 g/mol. The number of carbonyl (C=O) groups is 3. The fourth-order valence-electron chi connectivity index (χ4n) is 2.54. The maximum absolute atomic E-state index is 12.3. The number of esters is 1. The highest BCUT2D eigenvalue weighted by Crippen LogP contribution is 2.59. The van der Waals surface area contributed by atoms with Crippen molar-refractivity contribution >= 4 is 63.6 Å². The Morgan fingerprint density at radius 3 is 2.67 bits per heavy atom. The Kier molecular flexibility index (Phi) is 4.86. The fraction of sp³-hybridized carbons (Fsp3) is 0.769. The minimum atomic E-state index is -0.993. The van der Waals surface area contributed by atoms with E-state index in [9.17, 15) is 14.4 Å². The van der Waals surface area contributed by atoms with E-state index >= 15 is 0 Å². The molecule has 1 amide bonds. The number of halogens is 2. The average Bonchev–Trinajstić information content (AvgIpc) is 2.66. The highest BCUT2D eigenvalue weighted by atomic mass is 127. The number of ketones is 1. The summed E-state index contributed by atoms with van der Waals surface area (Å²) in [5.74, 6) is -0.910. The second-order valence-electron chi connectivity index (χ2n) is 5.71. The highest BCUT2D eigenvalue weighted by molar-refractivity contribution is 14.1. The Hall–Kier alpha value is -0.0200. The molecule has 1 unspecified atom stereocenters. The van der Waals surface area contributed by atoms with E-state index in [1.807, 2.05) is 43.4 Å². The van der Waals surface area contributed by atoms with Crippen LogP contribution in [0.3, 0.4) is 0 Å². The zero-order chi connectivity index (χ0) is 16.0. The Morgan fingerprint density at radius 1 is 1.48 bits per heavy atom. The van der Waals surface area contributed by atoms with E-state index in [0.717, 1.165) is 6.42 Å². The molecule has 0 aliphatic carbocycles. The molecule has 2 saturated heterocycles. The van der Waals surface area contributed by atoms with Crippen LogP contribution in [0.25, 0.3) is 0 Å². The summed E-state index contributed by atoms with van der Waals surface area (Å²) in [7, 11) is 0. The summed E-state index contributed by atoms with van der Waals surface area (Å²) < 4.78 is 3.62. The molecular formula is C13H17ClINO4S. The van der Waals surface area contributed by atoms with E-state index in [-0.39, 0.29) is 23.7 Å². The molecule has 3 atom stereocenters. The second kappa shape index (κ2) is 5.88. The summed E-state index contributed by atoms with van der Waals surface area (Å²) in [5.41, 5.74) is 0. The quantitative estimate of drug-likeness (QED) is 0.281. The predicted molar refractivity (Wildman–Crippen MR) is 89.6 cm³/mol. The van der Waals surface area contributed by atoms with Gasteiger partial charge < -0.3 is 9.64 Å². The van der Waals surface area contributed by atoms with E-state index in [0.29, 0.717) is 6.42 Å². The van der Waals surface area contributed by atoms with Crippen LogP contribution in [0.2, 0.25) is 0 Å². The number of Topliss-reactive ketones (excluding diaryl/α,β-unsaturated/α-hetero) is 1. The van der Waals surface area contributed by atoms with E-state index in [4.69, 9.17) is 16.3 Å². The lowest BCUT2D eigenvalue weighted by molar-refractivity contribution is -0.162. The number of ether oxygens (including phenoxy) is 1. The summed E-state index contributed by atoms with van der Waals surface area (Å²) in [5, 5.41) is -0.244. The van der Waals surface area contributed by atoms with Crippen molar-refractivity contribution in [1.82, 2.24) is 4.90 Å². The summed E-state index contributed by atoms with van der Waals surface area (Å²) in [6.07, 6.45) is 1.11. The number of rotatable bonds is 5. The summed E-state index contributed by atoms with van der Waals surface area (Å²) >= 11 is 9.59. The van der Waals surface area contributed by atoms with Gasteiger partial charge in [0.05, 0.1) is 0 Å². The molecule has 2 rings (SSSR count). The molecule has 0 saturated carbocycles. The van der Waals surface area contributed by atoms with Gasteiger partial charge in [-0.3, -0.25) is 9.59 Å². The zero-order valence-electron chi connectivity index (χ0n) is 12.0. The van der Waals surface area contributed by atoms with Crippen molar-refractivity contribution in [3.05, 3.63) is 0 Å². The van der Waals surface area contributed by atoms with Crippen LogP contribution in [0.5, 0.6) is 0 Å². The van der Waals surface area contributed by atoms with Gasteiger partial charge >= 0.3 is 5.97 Å². The van der Waals surface area contributed by atoms with Crippen LogP contribution in [0.1, 0.15) is 33.6 Å². The summed E-state index contributed by atoms with van der Waals surface area (Å²) in [6, 6.07) is -0.698. The lowest BCUT2D eigenvalue weighted by atomic mass is 9.98. The summed E-state index contributed by atoms with van der Waals surface area (Å²) in [6.45, 7) is 5.42. The Bertz CT molecular complexity index is 497. The number of alkyl halides is 2. The van der Waals surface area contributed by atoms with Gasteiger partial charge in [0, 0.05) is 11.2 Å². The molecule has 0 radical (unpaired) electrons. The molecule has 2 aliphatic heterocycles. The number of carbonyl (C=O) groups excluding carboxylic acids is 3. The SMILES string of the molecule is CCCC(=O)COC(=O)[C@@H]1N2C(=O)C(Cl)(I)[C@H]2SC1(C)C. The molecule has 21 heavy (non-hydrogen) atoms. The Morgan fingerprint density at radius 2 is 2.10 bits per heavy atom. The molecule has 0 N–H and O–H groups in total. The third-order valence-electron chi connectivity index (χ3n) is 3.56.